The molecule has 0 spiro atoms. The standard InChI is InChI=1S/C15H18N2O2S2/c1-10-13(21-15(20)16-10)9-14(19)17-12(7-8-18)11-5-3-2-4-6-11/h2-6,12,18H,7-9H2,1H3,(H,16,20)(H,17,19). The highest BCUT2D eigenvalue weighted by Crippen LogP contribution is 2.18. The van der Waals surface area contributed by atoms with Crippen molar-refractivity contribution in [1.29, 1.82) is 0 Å². The number of aliphatic hydroxyl groups excluding tert-OH is 1. The fraction of sp³-hybridized carbons (Fsp3) is 0.333. The first-order valence-electron chi connectivity index (χ1n) is 6.74. The van der Waals surface area contributed by atoms with Crippen LogP contribution < -0.4 is 5.32 Å². The maximum Gasteiger partial charge on any atom is 0.225 e. The van der Waals surface area contributed by atoms with Gasteiger partial charge in [0.25, 0.3) is 0 Å². The molecule has 1 unspecified atom stereocenters. The molecule has 6 heteroatoms. The van der Waals surface area contributed by atoms with Gasteiger partial charge in [-0.15, -0.1) is 11.3 Å². The Labute approximate surface area is 132 Å². The zero-order valence-electron chi connectivity index (χ0n) is 11.8. The average molecular weight is 322 g/mol. The van der Waals surface area contributed by atoms with E-state index < -0.39 is 0 Å². The van der Waals surface area contributed by atoms with Gasteiger partial charge in [-0.05, 0) is 31.1 Å². The average Bonchev–Trinajstić information content (AvgIpc) is 2.77. The van der Waals surface area contributed by atoms with Gasteiger partial charge in [0.05, 0.1) is 12.5 Å². The summed E-state index contributed by atoms with van der Waals surface area (Å²) in [5.74, 6) is -0.0642. The van der Waals surface area contributed by atoms with E-state index in [4.69, 9.17) is 12.2 Å². The molecule has 1 aromatic heterocycles. The molecule has 0 aliphatic carbocycles. The SMILES string of the molecule is Cc1[nH]c(=S)sc1CC(=O)NC(CCO)c1ccccc1. The van der Waals surface area contributed by atoms with E-state index in [1.165, 1.54) is 11.3 Å². The zero-order valence-corrected chi connectivity index (χ0v) is 13.4. The zero-order chi connectivity index (χ0) is 15.2. The quantitative estimate of drug-likeness (QED) is 0.717. The molecule has 2 aromatic rings. The Balaban J connectivity index is 2.05. The number of hydrogen-bond acceptors (Lipinski definition) is 4. The Hall–Kier alpha value is -1.50. The number of amides is 1. The van der Waals surface area contributed by atoms with E-state index in [0.29, 0.717) is 16.8 Å². The predicted octanol–water partition coefficient (Wildman–Crippen LogP) is 2.90. The first-order chi connectivity index (χ1) is 10.1. The van der Waals surface area contributed by atoms with Crippen molar-refractivity contribution in [1.82, 2.24) is 10.3 Å². The van der Waals surface area contributed by atoms with E-state index in [1.54, 1.807) is 0 Å². The highest BCUT2D eigenvalue weighted by atomic mass is 32.1. The number of aliphatic hydroxyl groups is 1. The monoisotopic (exact) mass is 322 g/mol. The largest absolute Gasteiger partial charge is 0.396 e. The van der Waals surface area contributed by atoms with Gasteiger partial charge in [0, 0.05) is 17.2 Å². The number of H-pyrrole nitrogens is 1. The maximum absolute atomic E-state index is 12.2. The lowest BCUT2D eigenvalue weighted by molar-refractivity contribution is -0.121. The molecule has 1 atom stereocenters. The number of aromatic nitrogens is 1. The van der Waals surface area contributed by atoms with Crippen molar-refractivity contribution in [3.8, 4) is 0 Å². The molecular weight excluding hydrogens is 304 g/mol. The molecule has 1 heterocycles. The number of aryl methyl sites for hydroxylation is 1. The lowest BCUT2D eigenvalue weighted by atomic mass is 10.0. The number of thiazole rings is 1. The van der Waals surface area contributed by atoms with E-state index in [2.05, 4.69) is 10.3 Å². The smallest absolute Gasteiger partial charge is 0.225 e. The molecule has 1 aromatic carbocycles. The summed E-state index contributed by atoms with van der Waals surface area (Å²) in [6.07, 6.45) is 0.802. The van der Waals surface area contributed by atoms with Crippen molar-refractivity contribution in [2.45, 2.75) is 25.8 Å². The molecule has 2 rings (SSSR count). The molecule has 4 nitrogen and oxygen atoms in total. The Morgan fingerprint density at radius 3 is 2.71 bits per heavy atom. The molecule has 112 valence electrons. The summed E-state index contributed by atoms with van der Waals surface area (Å²) in [6, 6.07) is 9.51. The molecular formula is C15H18N2O2S2. The van der Waals surface area contributed by atoms with Crippen LogP contribution in [0.4, 0.5) is 0 Å². The van der Waals surface area contributed by atoms with Crippen molar-refractivity contribution >= 4 is 29.5 Å². The van der Waals surface area contributed by atoms with E-state index in [1.807, 2.05) is 37.3 Å². The van der Waals surface area contributed by atoms with Gasteiger partial charge in [-0.3, -0.25) is 4.79 Å². The van der Waals surface area contributed by atoms with Crippen molar-refractivity contribution in [2.75, 3.05) is 6.61 Å². The number of carbonyl (C=O) groups is 1. The van der Waals surface area contributed by atoms with Crippen molar-refractivity contribution in [3.05, 3.63) is 50.4 Å². The van der Waals surface area contributed by atoms with Gasteiger partial charge in [0.2, 0.25) is 5.91 Å². The molecule has 1 amide bonds. The first-order valence-corrected chi connectivity index (χ1v) is 7.96. The molecule has 0 aliphatic heterocycles. The number of carbonyl (C=O) groups excluding carboxylic acids is 1. The number of hydrogen-bond donors (Lipinski definition) is 3. The van der Waals surface area contributed by atoms with Crippen molar-refractivity contribution < 1.29 is 9.90 Å². The third kappa shape index (κ3) is 4.49. The van der Waals surface area contributed by atoms with Crippen LogP contribution in [0.15, 0.2) is 30.3 Å². The Bertz CT molecular complexity index is 649. The van der Waals surface area contributed by atoms with Crippen LogP contribution in [0.2, 0.25) is 0 Å². The second-order valence-corrected chi connectivity index (χ2v) is 6.55. The fourth-order valence-corrected chi connectivity index (χ4v) is 3.42. The van der Waals surface area contributed by atoms with Gasteiger partial charge in [-0.2, -0.15) is 0 Å². The van der Waals surface area contributed by atoms with Gasteiger partial charge < -0.3 is 15.4 Å². The lowest BCUT2D eigenvalue weighted by Gasteiger charge is -2.18. The molecule has 21 heavy (non-hydrogen) atoms. The Kier molecular flexibility index (Phi) is 5.67. The predicted molar refractivity (Wildman–Crippen MR) is 87.0 cm³/mol. The lowest BCUT2D eigenvalue weighted by Crippen LogP contribution is -2.30. The highest BCUT2D eigenvalue weighted by Gasteiger charge is 2.15. The molecule has 0 aliphatic rings. The van der Waals surface area contributed by atoms with Crippen molar-refractivity contribution in [2.24, 2.45) is 0 Å². The van der Waals surface area contributed by atoms with E-state index in [-0.39, 0.29) is 18.6 Å². The minimum absolute atomic E-state index is 0.0297. The third-order valence-electron chi connectivity index (χ3n) is 3.20. The number of aromatic amines is 1. The number of rotatable bonds is 6. The second kappa shape index (κ2) is 7.49. The molecule has 0 radical (unpaired) electrons. The van der Waals surface area contributed by atoms with Gasteiger partial charge >= 0.3 is 0 Å². The minimum atomic E-state index is -0.170. The van der Waals surface area contributed by atoms with Crippen LogP contribution in [0.3, 0.4) is 0 Å². The number of benzene rings is 1. The Morgan fingerprint density at radius 1 is 1.43 bits per heavy atom. The van der Waals surface area contributed by atoms with Gasteiger partial charge in [-0.1, -0.05) is 30.3 Å². The third-order valence-corrected chi connectivity index (χ3v) is 4.54. The van der Waals surface area contributed by atoms with Crippen LogP contribution in [-0.2, 0) is 11.2 Å². The van der Waals surface area contributed by atoms with Crippen molar-refractivity contribution in [3.63, 3.8) is 0 Å². The summed E-state index contributed by atoms with van der Waals surface area (Å²) in [4.78, 5) is 16.2. The normalized spacial score (nSPS) is 12.1. The van der Waals surface area contributed by atoms with Crippen LogP contribution in [0.1, 0.15) is 28.6 Å². The summed E-state index contributed by atoms with van der Waals surface area (Å²) >= 11 is 6.51. The summed E-state index contributed by atoms with van der Waals surface area (Å²) in [5.41, 5.74) is 1.94. The maximum atomic E-state index is 12.2. The molecule has 0 saturated carbocycles. The summed E-state index contributed by atoms with van der Waals surface area (Å²) < 4.78 is 0.685. The van der Waals surface area contributed by atoms with Crippen LogP contribution in [-0.4, -0.2) is 22.6 Å². The summed E-state index contributed by atoms with van der Waals surface area (Å²) in [5, 5.41) is 12.2. The molecule has 0 saturated heterocycles. The minimum Gasteiger partial charge on any atom is -0.396 e. The Morgan fingerprint density at radius 2 is 2.14 bits per heavy atom. The summed E-state index contributed by atoms with van der Waals surface area (Å²) in [7, 11) is 0. The molecule has 3 N–H and O–H groups in total. The number of nitrogens with one attached hydrogen (secondary N) is 2. The second-order valence-electron chi connectivity index (χ2n) is 4.78. The topological polar surface area (TPSA) is 65.1 Å². The van der Waals surface area contributed by atoms with Gasteiger partial charge in [-0.25, -0.2) is 0 Å². The van der Waals surface area contributed by atoms with Crippen LogP contribution >= 0.6 is 23.6 Å². The van der Waals surface area contributed by atoms with E-state index in [9.17, 15) is 9.90 Å². The molecule has 0 bridgehead atoms. The van der Waals surface area contributed by atoms with Crippen LogP contribution in [0.5, 0.6) is 0 Å². The van der Waals surface area contributed by atoms with Crippen LogP contribution in [0, 0.1) is 10.9 Å². The highest BCUT2D eigenvalue weighted by molar-refractivity contribution is 7.73. The van der Waals surface area contributed by atoms with E-state index >= 15 is 0 Å². The molecule has 0 fully saturated rings. The first kappa shape index (κ1) is 15.9. The van der Waals surface area contributed by atoms with Gasteiger partial charge in [0.1, 0.15) is 0 Å². The fourth-order valence-electron chi connectivity index (χ4n) is 2.13. The summed E-state index contributed by atoms with van der Waals surface area (Å²) in [6.45, 7) is 1.94. The van der Waals surface area contributed by atoms with Gasteiger partial charge in [0.15, 0.2) is 3.95 Å². The van der Waals surface area contributed by atoms with Crippen LogP contribution in [0.25, 0.3) is 0 Å². The van der Waals surface area contributed by atoms with E-state index in [0.717, 1.165) is 16.1 Å².